The van der Waals surface area contributed by atoms with Gasteiger partial charge < -0.3 is 24.2 Å². The monoisotopic (exact) mass is 371 g/mol. The molecule has 0 atom stereocenters. The zero-order valence-corrected chi connectivity index (χ0v) is 16.8. The van der Waals surface area contributed by atoms with Crippen LogP contribution >= 0.6 is 0 Å². The third-order valence-electron chi connectivity index (χ3n) is 4.00. The molecule has 0 fully saturated rings. The van der Waals surface area contributed by atoms with Crippen LogP contribution in [0.2, 0.25) is 0 Å². The van der Waals surface area contributed by atoms with Crippen LogP contribution in [0.3, 0.4) is 0 Å². The van der Waals surface area contributed by atoms with Crippen LogP contribution in [0.25, 0.3) is 0 Å². The van der Waals surface area contributed by atoms with E-state index in [2.05, 4.69) is 0 Å². The molecule has 0 radical (unpaired) electrons. The molecule has 0 aliphatic carbocycles. The molecule has 0 unspecified atom stereocenters. The van der Waals surface area contributed by atoms with Gasteiger partial charge in [-0.05, 0) is 43.9 Å². The molecule has 0 aliphatic rings. The van der Waals surface area contributed by atoms with Crippen LogP contribution in [0.4, 0.5) is 11.4 Å². The van der Waals surface area contributed by atoms with E-state index in [1.807, 2.05) is 91.4 Å². The number of ether oxygens (including phenoxy) is 2. The smallest absolute Gasteiger partial charge is 0.241 e. The molecule has 27 heavy (non-hydrogen) atoms. The number of carbonyl (C=O) groups excluding carboxylic acids is 1. The molecule has 0 heterocycles. The molecule has 1 amide bonds. The third-order valence-corrected chi connectivity index (χ3v) is 4.00. The van der Waals surface area contributed by atoms with Crippen molar-refractivity contribution in [1.82, 2.24) is 4.90 Å². The quantitative estimate of drug-likeness (QED) is 0.634. The van der Waals surface area contributed by atoms with Gasteiger partial charge in [0.25, 0.3) is 0 Å². The van der Waals surface area contributed by atoms with E-state index in [1.54, 1.807) is 7.11 Å². The molecule has 2 rings (SSSR count). The number of likely N-dealkylation sites (N-methyl/N-ethyl adjacent to an activating group) is 1. The predicted octanol–water partition coefficient (Wildman–Crippen LogP) is 2.83. The molecule has 146 valence electrons. The molecular weight excluding hydrogens is 342 g/mol. The lowest BCUT2D eigenvalue weighted by atomic mass is 10.1. The average molecular weight is 371 g/mol. The lowest BCUT2D eigenvalue weighted by Gasteiger charge is -2.26. The second kappa shape index (κ2) is 9.94. The van der Waals surface area contributed by atoms with Crippen LogP contribution in [0.5, 0.6) is 5.75 Å². The normalized spacial score (nSPS) is 10.7. The topological polar surface area (TPSA) is 45.3 Å². The summed E-state index contributed by atoms with van der Waals surface area (Å²) < 4.78 is 10.6. The summed E-state index contributed by atoms with van der Waals surface area (Å²) in [6.45, 7) is 1.03. The fraction of sp³-hybridized carbons (Fsp3) is 0.381. The third kappa shape index (κ3) is 5.98. The highest BCUT2D eigenvalue weighted by Gasteiger charge is 2.18. The maximum absolute atomic E-state index is 12.8. The second-order valence-corrected chi connectivity index (χ2v) is 6.80. The lowest BCUT2D eigenvalue weighted by Crippen LogP contribution is -2.37. The number of para-hydroxylation sites is 1. The van der Waals surface area contributed by atoms with Crippen LogP contribution in [0.15, 0.2) is 48.5 Å². The van der Waals surface area contributed by atoms with E-state index in [0.29, 0.717) is 13.1 Å². The van der Waals surface area contributed by atoms with Crippen molar-refractivity contribution in [2.75, 3.05) is 58.4 Å². The van der Waals surface area contributed by atoms with E-state index in [0.717, 1.165) is 22.7 Å². The number of nitrogens with zero attached hydrogens (tertiary/aromatic N) is 3. The van der Waals surface area contributed by atoms with Gasteiger partial charge in [0.1, 0.15) is 5.75 Å². The van der Waals surface area contributed by atoms with E-state index >= 15 is 0 Å². The first kappa shape index (κ1) is 20.7. The summed E-state index contributed by atoms with van der Waals surface area (Å²) >= 11 is 0. The summed E-state index contributed by atoms with van der Waals surface area (Å²) in [5.74, 6) is 0.800. The number of benzene rings is 2. The van der Waals surface area contributed by atoms with Crippen molar-refractivity contribution in [2.45, 2.75) is 6.54 Å². The summed E-state index contributed by atoms with van der Waals surface area (Å²) in [6.07, 6.45) is 0. The molecule has 0 N–H and O–H groups in total. The average Bonchev–Trinajstić information content (AvgIpc) is 2.64. The van der Waals surface area contributed by atoms with Crippen molar-refractivity contribution < 1.29 is 14.3 Å². The maximum atomic E-state index is 12.8. The summed E-state index contributed by atoms with van der Waals surface area (Å²) in [7, 11) is 9.31. The van der Waals surface area contributed by atoms with Gasteiger partial charge in [-0.1, -0.05) is 24.3 Å². The Balaban J connectivity index is 2.31. The molecular formula is C21H29N3O3. The van der Waals surface area contributed by atoms with Gasteiger partial charge in [-0.3, -0.25) is 4.79 Å². The van der Waals surface area contributed by atoms with Gasteiger partial charge in [0.2, 0.25) is 5.91 Å². The predicted molar refractivity (Wildman–Crippen MR) is 109 cm³/mol. The van der Waals surface area contributed by atoms with Crippen molar-refractivity contribution in [2.24, 2.45) is 0 Å². The van der Waals surface area contributed by atoms with Crippen molar-refractivity contribution >= 4 is 17.3 Å². The number of anilines is 2. The van der Waals surface area contributed by atoms with E-state index in [9.17, 15) is 4.79 Å². The first-order valence-corrected chi connectivity index (χ1v) is 8.84. The van der Waals surface area contributed by atoms with Gasteiger partial charge in [0.05, 0.1) is 18.8 Å². The Labute approximate surface area is 161 Å². The van der Waals surface area contributed by atoms with Crippen LogP contribution in [0.1, 0.15) is 5.56 Å². The fourth-order valence-electron chi connectivity index (χ4n) is 2.73. The van der Waals surface area contributed by atoms with E-state index < -0.39 is 0 Å². The molecule has 2 aromatic carbocycles. The van der Waals surface area contributed by atoms with Crippen molar-refractivity contribution in [3.63, 3.8) is 0 Å². The Kier molecular flexibility index (Phi) is 7.64. The van der Waals surface area contributed by atoms with Crippen LogP contribution in [0, 0.1) is 0 Å². The zero-order chi connectivity index (χ0) is 19.8. The lowest BCUT2D eigenvalue weighted by molar-refractivity contribution is -0.119. The second-order valence-electron chi connectivity index (χ2n) is 6.80. The van der Waals surface area contributed by atoms with Crippen molar-refractivity contribution in [3.05, 3.63) is 54.1 Å². The van der Waals surface area contributed by atoms with Crippen molar-refractivity contribution in [3.8, 4) is 5.75 Å². The minimum Gasteiger partial charge on any atom is -0.465 e. The van der Waals surface area contributed by atoms with Gasteiger partial charge in [-0.25, -0.2) is 0 Å². The summed E-state index contributed by atoms with van der Waals surface area (Å²) in [6, 6.07) is 15.7. The Hall–Kier alpha value is -2.57. The Bertz CT molecular complexity index is 733. The molecule has 0 spiro atoms. The Morgan fingerprint density at radius 1 is 1.00 bits per heavy atom. The van der Waals surface area contributed by atoms with Gasteiger partial charge in [0, 0.05) is 26.9 Å². The maximum Gasteiger partial charge on any atom is 0.241 e. The molecule has 0 saturated heterocycles. The highest BCUT2D eigenvalue weighted by molar-refractivity contribution is 5.94. The standard InChI is InChI=1S/C21H29N3O3/c1-22(2)15-21(25)24(18-9-7-6-8-10-18)14-17-11-12-20(27-16-26-5)19(13-17)23(3)4/h6-13H,14-16H2,1-5H3. The molecule has 6 nitrogen and oxygen atoms in total. The zero-order valence-electron chi connectivity index (χ0n) is 16.8. The molecule has 6 heteroatoms. The van der Waals surface area contributed by atoms with E-state index in [4.69, 9.17) is 9.47 Å². The van der Waals surface area contributed by atoms with Crippen molar-refractivity contribution in [1.29, 1.82) is 0 Å². The minimum absolute atomic E-state index is 0.0531. The number of amides is 1. The molecule has 0 bridgehead atoms. The molecule has 0 aromatic heterocycles. The Morgan fingerprint density at radius 2 is 1.70 bits per heavy atom. The molecule has 0 saturated carbocycles. The van der Waals surface area contributed by atoms with Gasteiger partial charge in [-0.15, -0.1) is 0 Å². The van der Waals surface area contributed by atoms with Crippen LogP contribution < -0.4 is 14.5 Å². The molecule has 2 aromatic rings. The first-order valence-electron chi connectivity index (χ1n) is 8.84. The largest absolute Gasteiger partial charge is 0.465 e. The SMILES string of the molecule is COCOc1ccc(CN(C(=O)CN(C)C)c2ccccc2)cc1N(C)C. The minimum atomic E-state index is 0.0531. The van der Waals surface area contributed by atoms with Crippen LogP contribution in [-0.2, 0) is 16.1 Å². The Morgan fingerprint density at radius 3 is 2.30 bits per heavy atom. The van der Waals surface area contributed by atoms with Crippen LogP contribution in [-0.4, -0.2) is 59.4 Å². The van der Waals surface area contributed by atoms with E-state index in [1.165, 1.54) is 0 Å². The summed E-state index contributed by atoms with van der Waals surface area (Å²) in [5, 5.41) is 0. The highest BCUT2D eigenvalue weighted by Crippen LogP contribution is 2.29. The number of hydrogen-bond acceptors (Lipinski definition) is 5. The molecule has 0 aliphatic heterocycles. The van der Waals surface area contributed by atoms with Gasteiger partial charge in [-0.2, -0.15) is 0 Å². The van der Waals surface area contributed by atoms with E-state index in [-0.39, 0.29) is 12.7 Å². The number of methoxy groups -OCH3 is 1. The first-order chi connectivity index (χ1) is 12.9. The highest BCUT2D eigenvalue weighted by atomic mass is 16.7. The summed E-state index contributed by atoms with van der Waals surface area (Å²) in [4.78, 5) is 18.5. The fourth-order valence-corrected chi connectivity index (χ4v) is 2.73. The van der Waals surface area contributed by atoms with Gasteiger partial charge in [0.15, 0.2) is 6.79 Å². The number of rotatable bonds is 9. The number of hydrogen-bond donors (Lipinski definition) is 0. The van der Waals surface area contributed by atoms with Gasteiger partial charge >= 0.3 is 0 Å². The summed E-state index contributed by atoms with van der Waals surface area (Å²) in [5.41, 5.74) is 2.85. The number of carbonyl (C=O) groups is 1.